The highest BCUT2D eigenvalue weighted by Crippen LogP contribution is 2.56. The number of hydrogen-bond acceptors (Lipinski definition) is 3. The summed E-state index contributed by atoms with van der Waals surface area (Å²) in [7, 11) is 0. The Morgan fingerprint density at radius 1 is 1.35 bits per heavy atom. The van der Waals surface area contributed by atoms with Crippen molar-refractivity contribution in [1.82, 2.24) is 9.78 Å². The molecule has 0 amide bonds. The molecule has 1 heterocycles. The first-order valence-electron chi connectivity index (χ1n) is 8.67. The Morgan fingerprint density at radius 3 is 2.78 bits per heavy atom. The molecule has 3 rings (SSSR count). The Bertz CT molecular complexity index is 515. The SMILES string of the molecule is C.Cc1ccnn1CC1CC2(C)CC(C)CC(OCCO)(C1)C2. The van der Waals surface area contributed by atoms with Gasteiger partial charge in [0.1, 0.15) is 0 Å². The Hall–Kier alpha value is -0.870. The van der Waals surface area contributed by atoms with Gasteiger partial charge in [-0.3, -0.25) is 4.68 Å². The molecule has 23 heavy (non-hydrogen) atoms. The summed E-state index contributed by atoms with van der Waals surface area (Å²) < 4.78 is 8.36. The maximum absolute atomic E-state index is 9.19. The molecule has 1 N–H and O–H groups in total. The monoisotopic (exact) mass is 322 g/mol. The highest BCUT2D eigenvalue weighted by Gasteiger charge is 2.51. The fraction of sp³-hybridized carbons (Fsp3) is 0.842. The van der Waals surface area contributed by atoms with Crippen LogP contribution in [-0.2, 0) is 11.3 Å². The van der Waals surface area contributed by atoms with Crippen molar-refractivity contribution in [3.63, 3.8) is 0 Å². The maximum Gasteiger partial charge on any atom is 0.0705 e. The molecule has 0 aromatic carbocycles. The Kier molecular flexibility index (Phi) is 5.57. The van der Waals surface area contributed by atoms with Gasteiger partial charge in [0.05, 0.1) is 18.8 Å². The summed E-state index contributed by atoms with van der Waals surface area (Å²) in [6.45, 7) is 8.49. The van der Waals surface area contributed by atoms with Crippen molar-refractivity contribution in [1.29, 1.82) is 0 Å². The number of aliphatic hydroxyl groups excluding tert-OH is 1. The smallest absolute Gasteiger partial charge is 0.0705 e. The third-order valence-corrected chi connectivity index (χ3v) is 5.61. The highest BCUT2D eigenvalue weighted by molar-refractivity contribution is 5.03. The molecule has 0 spiro atoms. The first kappa shape index (κ1) is 18.5. The molecule has 4 heteroatoms. The molecule has 2 fully saturated rings. The lowest BCUT2D eigenvalue weighted by Gasteiger charge is -2.55. The predicted molar refractivity (Wildman–Crippen MR) is 93.3 cm³/mol. The van der Waals surface area contributed by atoms with Crippen LogP contribution in [0.1, 0.15) is 59.1 Å². The molecule has 0 saturated heterocycles. The van der Waals surface area contributed by atoms with Crippen LogP contribution in [0.5, 0.6) is 0 Å². The van der Waals surface area contributed by atoms with E-state index in [1.165, 1.54) is 18.5 Å². The van der Waals surface area contributed by atoms with Crippen LogP contribution in [0.2, 0.25) is 0 Å². The van der Waals surface area contributed by atoms with Gasteiger partial charge in [-0.1, -0.05) is 21.3 Å². The van der Waals surface area contributed by atoms with Crippen LogP contribution in [0.25, 0.3) is 0 Å². The fourth-order valence-electron chi connectivity index (χ4n) is 5.47. The first-order chi connectivity index (χ1) is 10.4. The van der Waals surface area contributed by atoms with Crippen molar-refractivity contribution in [2.75, 3.05) is 13.2 Å². The normalized spacial score (nSPS) is 36.5. The highest BCUT2D eigenvalue weighted by atomic mass is 16.5. The molecule has 1 aromatic rings. The molecular weight excluding hydrogens is 288 g/mol. The van der Waals surface area contributed by atoms with Crippen LogP contribution in [-0.4, -0.2) is 33.7 Å². The van der Waals surface area contributed by atoms with Crippen LogP contribution in [0.15, 0.2) is 12.3 Å². The molecular formula is C19H34N2O2. The van der Waals surface area contributed by atoms with E-state index in [9.17, 15) is 5.11 Å². The van der Waals surface area contributed by atoms with E-state index in [4.69, 9.17) is 4.74 Å². The molecule has 4 unspecified atom stereocenters. The lowest BCUT2D eigenvalue weighted by Crippen LogP contribution is -2.52. The van der Waals surface area contributed by atoms with E-state index in [0.717, 1.165) is 25.8 Å². The largest absolute Gasteiger partial charge is 0.394 e. The van der Waals surface area contributed by atoms with Gasteiger partial charge in [-0.05, 0) is 62.3 Å². The number of aliphatic hydroxyl groups is 1. The topological polar surface area (TPSA) is 47.3 Å². The van der Waals surface area contributed by atoms with E-state index in [-0.39, 0.29) is 19.6 Å². The second-order valence-corrected chi connectivity index (χ2v) is 8.18. The second-order valence-electron chi connectivity index (χ2n) is 8.18. The molecule has 0 radical (unpaired) electrons. The summed E-state index contributed by atoms with van der Waals surface area (Å²) in [5, 5.41) is 13.7. The van der Waals surface area contributed by atoms with Gasteiger partial charge in [0.25, 0.3) is 0 Å². The van der Waals surface area contributed by atoms with Gasteiger partial charge in [0.15, 0.2) is 0 Å². The van der Waals surface area contributed by atoms with E-state index in [2.05, 4.69) is 36.6 Å². The minimum absolute atomic E-state index is 0. The number of ether oxygens (including phenoxy) is 1. The van der Waals surface area contributed by atoms with Crippen LogP contribution in [0, 0.1) is 24.2 Å². The van der Waals surface area contributed by atoms with Gasteiger partial charge in [-0.25, -0.2) is 0 Å². The second kappa shape index (κ2) is 6.94. The lowest BCUT2D eigenvalue weighted by atomic mass is 9.55. The zero-order valence-corrected chi connectivity index (χ0v) is 14.2. The number of hydrogen-bond donors (Lipinski definition) is 1. The fourth-order valence-corrected chi connectivity index (χ4v) is 5.47. The van der Waals surface area contributed by atoms with E-state index >= 15 is 0 Å². The predicted octanol–water partition coefficient (Wildman–Crippen LogP) is 3.81. The van der Waals surface area contributed by atoms with Gasteiger partial charge in [0.2, 0.25) is 0 Å². The van der Waals surface area contributed by atoms with Gasteiger partial charge >= 0.3 is 0 Å². The van der Waals surface area contributed by atoms with E-state index in [1.54, 1.807) is 0 Å². The number of fused-ring (bicyclic) bond motifs is 2. The molecule has 2 bridgehead atoms. The number of aromatic nitrogens is 2. The third kappa shape index (κ3) is 3.97. The zero-order chi connectivity index (χ0) is 15.8. The minimum Gasteiger partial charge on any atom is -0.394 e. The molecule has 2 aliphatic rings. The average Bonchev–Trinajstić information content (AvgIpc) is 2.79. The Balaban J connectivity index is 0.00000192. The van der Waals surface area contributed by atoms with Gasteiger partial charge in [-0.15, -0.1) is 0 Å². The number of aryl methyl sites for hydroxylation is 1. The molecule has 132 valence electrons. The van der Waals surface area contributed by atoms with E-state index in [1.807, 2.05) is 6.20 Å². The molecule has 2 saturated carbocycles. The van der Waals surface area contributed by atoms with Crippen molar-refractivity contribution in [2.24, 2.45) is 17.3 Å². The average molecular weight is 322 g/mol. The summed E-state index contributed by atoms with van der Waals surface area (Å²) in [5.41, 5.74) is 1.58. The Morgan fingerprint density at radius 2 is 2.13 bits per heavy atom. The van der Waals surface area contributed by atoms with Crippen LogP contribution < -0.4 is 0 Å². The first-order valence-corrected chi connectivity index (χ1v) is 8.67. The number of rotatable bonds is 5. The molecule has 4 atom stereocenters. The minimum atomic E-state index is -0.0286. The van der Waals surface area contributed by atoms with Crippen molar-refractivity contribution in [2.45, 2.75) is 72.4 Å². The lowest BCUT2D eigenvalue weighted by molar-refractivity contribution is -0.162. The molecule has 1 aromatic heterocycles. The summed E-state index contributed by atoms with van der Waals surface area (Å²) in [4.78, 5) is 0. The van der Waals surface area contributed by atoms with Gasteiger partial charge in [-0.2, -0.15) is 5.10 Å². The molecule has 0 aliphatic heterocycles. The van der Waals surface area contributed by atoms with Crippen LogP contribution in [0.3, 0.4) is 0 Å². The van der Waals surface area contributed by atoms with Gasteiger partial charge < -0.3 is 9.84 Å². The molecule has 4 nitrogen and oxygen atoms in total. The quantitative estimate of drug-likeness (QED) is 0.896. The standard InChI is InChI=1S/C18H30N2O2.CH4/c1-14-8-17(3)10-16(12-20-15(2)4-5-19-20)11-18(9-14,13-17)22-7-6-21;/h4-5,14,16,21H,6-13H2,1-3H3;1H4. The molecule has 2 aliphatic carbocycles. The summed E-state index contributed by atoms with van der Waals surface area (Å²) in [6, 6.07) is 2.07. The van der Waals surface area contributed by atoms with Crippen LogP contribution >= 0.6 is 0 Å². The Labute approximate surface area is 141 Å². The maximum atomic E-state index is 9.19. The van der Waals surface area contributed by atoms with Gasteiger partial charge in [0, 0.05) is 18.4 Å². The third-order valence-electron chi connectivity index (χ3n) is 5.61. The summed E-state index contributed by atoms with van der Waals surface area (Å²) >= 11 is 0. The van der Waals surface area contributed by atoms with Crippen molar-refractivity contribution >= 4 is 0 Å². The summed E-state index contributed by atoms with van der Waals surface area (Å²) in [6.07, 6.45) is 7.84. The van der Waals surface area contributed by atoms with E-state index in [0.29, 0.717) is 23.9 Å². The zero-order valence-electron chi connectivity index (χ0n) is 14.2. The van der Waals surface area contributed by atoms with Crippen molar-refractivity contribution in [3.8, 4) is 0 Å². The van der Waals surface area contributed by atoms with E-state index < -0.39 is 0 Å². The van der Waals surface area contributed by atoms with Crippen molar-refractivity contribution in [3.05, 3.63) is 18.0 Å². The number of nitrogens with zero attached hydrogens (tertiary/aromatic N) is 2. The summed E-state index contributed by atoms with van der Waals surface area (Å²) in [5.74, 6) is 1.33. The van der Waals surface area contributed by atoms with Crippen LogP contribution in [0.4, 0.5) is 0 Å². The van der Waals surface area contributed by atoms with Crippen molar-refractivity contribution < 1.29 is 9.84 Å².